The molecule has 8 heavy (non-hydrogen) atoms. The third kappa shape index (κ3) is 3.54. The van der Waals surface area contributed by atoms with Crippen LogP contribution in [-0.4, -0.2) is 16.8 Å². The second-order valence-electron chi connectivity index (χ2n) is 1.15. The standard InChI is InChI=1S/C6H6.2B/c1-2-4-6-5-3-1;;/h1-6H;;. The van der Waals surface area contributed by atoms with E-state index in [1.54, 1.807) is 0 Å². The zero-order chi connectivity index (χ0) is 4.24. The molecule has 1 rings (SSSR count). The summed E-state index contributed by atoms with van der Waals surface area (Å²) in [7, 11) is 0. The fourth-order valence-electron chi connectivity index (χ4n) is 0.385. The molecule has 0 aromatic heterocycles. The van der Waals surface area contributed by atoms with Crippen molar-refractivity contribution in [2.24, 2.45) is 0 Å². The van der Waals surface area contributed by atoms with Gasteiger partial charge in [0.05, 0.1) is 0 Å². The van der Waals surface area contributed by atoms with Crippen LogP contribution in [0.5, 0.6) is 0 Å². The first kappa shape index (κ1) is 10.4. The van der Waals surface area contributed by atoms with Gasteiger partial charge in [-0.3, -0.25) is 0 Å². The van der Waals surface area contributed by atoms with Crippen molar-refractivity contribution in [1.82, 2.24) is 0 Å². The van der Waals surface area contributed by atoms with Gasteiger partial charge in [0.1, 0.15) is 0 Å². The van der Waals surface area contributed by atoms with Gasteiger partial charge < -0.3 is 0 Å². The quantitative estimate of drug-likeness (QED) is 0.425. The zero-order valence-corrected chi connectivity index (χ0v) is 4.62. The molecular formula is C6H6B2. The van der Waals surface area contributed by atoms with Gasteiger partial charge in [-0.2, -0.15) is 0 Å². The van der Waals surface area contributed by atoms with E-state index in [0.717, 1.165) is 0 Å². The molecule has 0 aliphatic rings. The van der Waals surface area contributed by atoms with Crippen LogP contribution >= 0.6 is 0 Å². The van der Waals surface area contributed by atoms with Crippen molar-refractivity contribution >= 4 is 16.8 Å². The first-order chi connectivity index (χ1) is 3.00. The Morgan fingerprint density at radius 3 is 0.625 bits per heavy atom. The van der Waals surface area contributed by atoms with Gasteiger partial charge in [0.25, 0.3) is 0 Å². The summed E-state index contributed by atoms with van der Waals surface area (Å²) in [6.45, 7) is 0. The highest BCUT2D eigenvalue weighted by molar-refractivity contribution is 5.76. The Morgan fingerprint density at radius 2 is 0.500 bits per heavy atom. The smallest absolute Gasteiger partial charge is 0 e. The topological polar surface area (TPSA) is 0 Å². The Kier molecular flexibility index (Phi) is 8.22. The predicted octanol–water partition coefficient (Wildman–Crippen LogP) is 0.925. The minimum Gasteiger partial charge on any atom is -0.0623 e. The molecule has 0 nitrogen and oxygen atoms in total. The van der Waals surface area contributed by atoms with Crippen LogP contribution in [0.3, 0.4) is 0 Å². The van der Waals surface area contributed by atoms with E-state index in [1.165, 1.54) is 0 Å². The maximum atomic E-state index is 2.00. The first-order valence-corrected chi connectivity index (χ1v) is 2.00. The van der Waals surface area contributed by atoms with E-state index in [4.69, 9.17) is 0 Å². The first-order valence-electron chi connectivity index (χ1n) is 2.00. The van der Waals surface area contributed by atoms with Gasteiger partial charge in [0.2, 0.25) is 0 Å². The molecule has 0 atom stereocenters. The van der Waals surface area contributed by atoms with Crippen LogP contribution in [0.1, 0.15) is 0 Å². The Labute approximate surface area is 54.1 Å². The van der Waals surface area contributed by atoms with Crippen molar-refractivity contribution in [3.8, 4) is 0 Å². The molecule has 0 N–H and O–H groups in total. The summed E-state index contributed by atoms with van der Waals surface area (Å²) in [6, 6.07) is 12.0. The van der Waals surface area contributed by atoms with Crippen LogP contribution in [0.15, 0.2) is 36.4 Å². The fraction of sp³-hybridized carbons (Fsp3) is 0. The molecule has 6 radical (unpaired) electrons. The monoisotopic (exact) mass is 100 g/mol. The van der Waals surface area contributed by atoms with E-state index in [1.807, 2.05) is 36.4 Å². The third-order valence-electron chi connectivity index (χ3n) is 0.667. The summed E-state index contributed by atoms with van der Waals surface area (Å²) in [5.41, 5.74) is 0. The van der Waals surface area contributed by atoms with Gasteiger partial charge in [-0.05, 0) is 0 Å². The van der Waals surface area contributed by atoms with Gasteiger partial charge in [-0.15, -0.1) is 0 Å². The molecule has 0 spiro atoms. The molecule has 0 heterocycles. The van der Waals surface area contributed by atoms with Crippen molar-refractivity contribution in [2.45, 2.75) is 0 Å². The SMILES string of the molecule is [B].[B].c1ccccc1. The van der Waals surface area contributed by atoms with E-state index in [2.05, 4.69) is 0 Å². The second kappa shape index (κ2) is 6.35. The van der Waals surface area contributed by atoms with Crippen LogP contribution in [0, 0.1) is 0 Å². The molecule has 0 saturated heterocycles. The highest BCUT2D eigenvalue weighted by Crippen LogP contribution is 1.79. The lowest BCUT2D eigenvalue weighted by molar-refractivity contribution is 1.72. The van der Waals surface area contributed by atoms with Gasteiger partial charge in [0, 0.05) is 16.8 Å². The summed E-state index contributed by atoms with van der Waals surface area (Å²) in [5, 5.41) is 0. The maximum Gasteiger partial charge on any atom is 0 e. The second-order valence-corrected chi connectivity index (χ2v) is 1.15. The van der Waals surface area contributed by atoms with Crippen molar-refractivity contribution in [3.05, 3.63) is 36.4 Å². The van der Waals surface area contributed by atoms with Gasteiger partial charge in [-0.25, -0.2) is 0 Å². The third-order valence-corrected chi connectivity index (χ3v) is 0.667. The van der Waals surface area contributed by atoms with Crippen LogP contribution in [0.4, 0.5) is 0 Å². The molecule has 1 aromatic carbocycles. The highest BCUT2D eigenvalue weighted by atomic mass is 13.6. The normalized spacial score (nSPS) is 6.00. The molecule has 0 fully saturated rings. The number of hydrogen-bond acceptors (Lipinski definition) is 0. The molecule has 0 saturated carbocycles. The van der Waals surface area contributed by atoms with Crippen LogP contribution in [0.25, 0.3) is 0 Å². The Hall–Kier alpha value is -0.650. The highest BCUT2D eigenvalue weighted by Gasteiger charge is 1.57. The van der Waals surface area contributed by atoms with Crippen molar-refractivity contribution in [3.63, 3.8) is 0 Å². The van der Waals surface area contributed by atoms with E-state index >= 15 is 0 Å². The number of hydrogen-bond donors (Lipinski definition) is 0. The van der Waals surface area contributed by atoms with E-state index < -0.39 is 0 Å². The van der Waals surface area contributed by atoms with Crippen LogP contribution < -0.4 is 0 Å². The molecule has 36 valence electrons. The van der Waals surface area contributed by atoms with Gasteiger partial charge >= 0.3 is 0 Å². The maximum absolute atomic E-state index is 2.00. The van der Waals surface area contributed by atoms with Gasteiger partial charge in [-0.1, -0.05) is 36.4 Å². The van der Waals surface area contributed by atoms with Crippen LogP contribution in [-0.2, 0) is 0 Å². The average molecular weight is 99.7 g/mol. The van der Waals surface area contributed by atoms with Crippen molar-refractivity contribution in [2.75, 3.05) is 0 Å². The minimum absolute atomic E-state index is 0. The summed E-state index contributed by atoms with van der Waals surface area (Å²) < 4.78 is 0. The summed E-state index contributed by atoms with van der Waals surface area (Å²) in [4.78, 5) is 0. The largest absolute Gasteiger partial charge is 0.0623 e. The lowest BCUT2D eigenvalue weighted by Crippen LogP contribution is -1.47. The van der Waals surface area contributed by atoms with Gasteiger partial charge in [0.15, 0.2) is 0 Å². The molecule has 0 amide bonds. The molecule has 0 aliphatic carbocycles. The van der Waals surface area contributed by atoms with Crippen LogP contribution in [0.2, 0.25) is 0 Å². The number of rotatable bonds is 0. The lowest BCUT2D eigenvalue weighted by atomic mass is 10.4. The summed E-state index contributed by atoms with van der Waals surface area (Å²) in [5.74, 6) is 0. The predicted molar refractivity (Wildman–Crippen MR) is 38.0 cm³/mol. The summed E-state index contributed by atoms with van der Waals surface area (Å²) >= 11 is 0. The lowest BCUT2D eigenvalue weighted by Gasteiger charge is -1.69. The Balaban J connectivity index is 0. The Bertz CT molecular complexity index is 78.5. The molecule has 0 unspecified atom stereocenters. The molecule has 2 heteroatoms. The Morgan fingerprint density at radius 1 is 0.375 bits per heavy atom. The molecule has 0 aliphatic heterocycles. The van der Waals surface area contributed by atoms with E-state index in [9.17, 15) is 0 Å². The minimum atomic E-state index is 0. The van der Waals surface area contributed by atoms with E-state index in [-0.39, 0.29) is 16.8 Å². The van der Waals surface area contributed by atoms with E-state index in [0.29, 0.717) is 0 Å². The van der Waals surface area contributed by atoms with Crippen molar-refractivity contribution in [1.29, 1.82) is 0 Å². The molecule has 1 aromatic rings. The molecule has 0 bridgehead atoms. The zero-order valence-electron chi connectivity index (χ0n) is 4.62. The number of benzene rings is 1. The average Bonchev–Trinajstić information content (AvgIpc) is 1.72. The summed E-state index contributed by atoms with van der Waals surface area (Å²) in [6.07, 6.45) is 0. The molecular weight excluding hydrogens is 93.7 g/mol. The fourth-order valence-corrected chi connectivity index (χ4v) is 0.385. The van der Waals surface area contributed by atoms with Crippen molar-refractivity contribution < 1.29 is 0 Å².